The normalized spacial score (nSPS) is 17.4. The molecule has 1 saturated heterocycles. The van der Waals surface area contributed by atoms with Gasteiger partial charge in [-0.1, -0.05) is 13.0 Å². The molecule has 1 aromatic carbocycles. The van der Waals surface area contributed by atoms with E-state index in [0.29, 0.717) is 17.5 Å². The summed E-state index contributed by atoms with van der Waals surface area (Å²) in [7, 11) is 7.30. The van der Waals surface area contributed by atoms with E-state index in [4.69, 9.17) is 9.47 Å². The number of rotatable bonds is 10. The van der Waals surface area contributed by atoms with E-state index >= 15 is 0 Å². The van der Waals surface area contributed by atoms with Crippen LogP contribution in [0.25, 0.3) is 6.08 Å². The third kappa shape index (κ3) is 6.24. The van der Waals surface area contributed by atoms with Crippen LogP contribution in [0, 0.1) is 0 Å². The highest BCUT2D eigenvalue weighted by atomic mass is 16.5. The fraction of sp³-hybridized carbons (Fsp3) is 0.591. The lowest BCUT2D eigenvalue weighted by molar-refractivity contribution is -0.126. The van der Waals surface area contributed by atoms with Gasteiger partial charge in [-0.15, -0.1) is 0 Å². The van der Waals surface area contributed by atoms with E-state index in [1.54, 1.807) is 20.3 Å². The number of carbonyl (C=O) groups excluding carboxylic acids is 1. The number of amides is 1. The highest BCUT2D eigenvalue weighted by molar-refractivity contribution is 5.92. The van der Waals surface area contributed by atoms with Crippen molar-refractivity contribution in [3.05, 3.63) is 29.8 Å². The fourth-order valence-corrected chi connectivity index (χ4v) is 3.61. The van der Waals surface area contributed by atoms with Crippen molar-refractivity contribution in [2.24, 2.45) is 0 Å². The molecule has 0 N–H and O–H groups in total. The van der Waals surface area contributed by atoms with Gasteiger partial charge in [-0.3, -0.25) is 9.69 Å². The largest absolute Gasteiger partial charge is 0.493 e. The van der Waals surface area contributed by atoms with Crippen molar-refractivity contribution >= 4 is 12.0 Å². The van der Waals surface area contributed by atoms with Crippen LogP contribution in [0.5, 0.6) is 11.5 Å². The maximum Gasteiger partial charge on any atom is 0.246 e. The number of methoxy groups -OCH3 is 2. The zero-order valence-electron chi connectivity index (χ0n) is 18.0. The summed E-state index contributed by atoms with van der Waals surface area (Å²) < 4.78 is 10.6. The van der Waals surface area contributed by atoms with Crippen molar-refractivity contribution in [2.75, 3.05) is 61.0 Å². The molecule has 1 unspecified atom stereocenters. The molecule has 2 rings (SSSR count). The van der Waals surface area contributed by atoms with Crippen LogP contribution in [-0.4, -0.2) is 87.7 Å². The molecule has 28 heavy (non-hydrogen) atoms. The molecule has 0 aromatic heterocycles. The van der Waals surface area contributed by atoms with E-state index in [2.05, 4.69) is 16.7 Å². The van der Waals surface area contributed by atoms with Gasteiger partial charge in [0.1, 0.15) is 0 Å². The SMILES string of the molecule is CCN1CCCC1CN(CCN(C)C)C(=O)C=Cc1ccc(OC)c(OC)c1. The molecule has 6 nitrogen and oxygen atoms in total. The predicted molar refractivity (Wildman–Crippen MR) is 114 cm³/mol. The Hall–Kier alpha value is -2.05. The lowest BCUT2D eigenvalue weighted by Gasteiger charge is -2.30. The van der Waals surface area contributed by atoms with Gasteiger partial charge < -0.3 is 19.3 Å². The minimum Gasteiger partial charge on any atom is -0.493 e. The molecule has 0 spiro atoms. The van der Waals surface area contributed by atoms with Crippen molar-refractivity contribution in [1.82, 2.24) is 14.7 Å². The lowest BCUT2D eigenvalue weighted by Crippen LogP contribution is -2.44. The van der Waals surface area contributed by atoms with Crippen molar-refractivity contribution in [3.8, 4) is 11.5 Å². The zero-order valence-corrected chi connectivity index (χ0v) is 18.0. The minimum atomic E-state index is 0.0552. The summed E-state index contributed by atoms with van der Waals surface area (Å²) in [5, 5.41) is 0. The molecule has 1 heterocycles. The Bertz CT molecular complexity index is 660. The van der Waals surface area contributed by atoms with Crippen LogP contribution in [0.4, 0.5) is 0 Å². The van der Waals surface area contributed by atoms with E-state index in [0.717, 1.165) is 38.3 Å². The molecule has 0 radical (unpaired) electrons. The maximum absolute atomic E-state index is 12.9. The second-order valence-electron chi connectivity index (χ2n) is 7.46. The van der Waals surface area contributed by atoms with Gasteiger partial charge in [0.15, 0.2) is 11.5 Å². The van der Waals surface area contributed by atoms with E-state index < -0.39 is 0 Å². The Morgan fingerprint density at radius 1 is 1.21 bits per heavy atom. The Morgan fingerprint density at radius 2 is 1.96 bits per heavy atom. The molecular formula is C22H35N3O3. The number of ether oxygens (including phenoxy) is 2. The van der Waals surface area contributed by atoms with Gasteiger partial charge in [0.25, 0.3) is 0 Å². The first-order valence-electron chi connectivity index (χ1n) is 10.1. The quantitative estimate of drug-likeness (QED) is 0.576. The molecule has 0 bridgehead atoms. The second kappa shape index (κ2) is 11.1. The van der Waals surface area contributed by atoms with Crippen LogP contribution in [0.1, 0.15) is 25.3 Å². The third-order valence-electron chi connectivity index (χ3n) is 5.29. The van der Waals surface area contributed by atoms with Crippen LogP contribution in [0.2, 0.25) is 0 Å². The van der Waals surface area contributed by atoms with Crippen LogP contribution in [0.15, 0.2) is 24.3 Å². The summed E-state index contributed by atoms with van der Waals surface area (Å²) in [4.78, 5) is 19.5. The van der Waals surface area contributed by atoms with Gasteiger partial charge >= 0.3 is 0 Å². The molecule has 6 heteroatoms. The van der Waals surface area contributed by atoms with Crippen molar-refractivity contribution in [2.45, 2.75) is 25.8 Å². The first-order valence-corrected chi connectivity index (χ1v) is 10.1. The Kier molecular flexibility index (Phi) is 8.80. The smallest absolute Gasteiger partial charge is 0.246 e. The molecule has 1 aliphatic rings. The number of likely N-dealkylation sites (N-methyl/N-ethyl adjacent to an activating group) is 2. The first-order chi connectivity index (χ1) is 13.5. The van der Waals surface area contributed by atoms with Gasteiger partial charge in [-0.2, -0.15) is 0 Å². The first kappa shape index (κ1) is 22.2. The van der Waals surface area contributed by atoms with E-state index in [9.17, 15) is 4.79 Å². The minimum absolute atomic E-state index is 0.0552. The number of hydrogen-bond acceptors (Lipinski definition) is 5. The van der Waals surface area contributed by atoms with Gasteiger partial charge in [-0.25, -0.2) is 0 Å². The van der Waals surface area contributed by atoms with Gasteiger partial charge in [0.05, 0.1) is 14.2 Å². The lowest BCUT2D eigenvalue weighted by atomic mass is 10.1. The second-order valence-corrected chi connectivity index (χ2v) is 7.46. The Labute approximate surface area is 169 Å². The predicted octanol–water partition coefficient (Wildman–Crippen LogP) is 2.59. The number of nitrogens with zero attached hydrogens (tertiary/aromatic N) is 3. The molecule has 1 aromatic rings. The van der Waals surface area contributed by atoms with Crippen LogP contribution in [-0.2, 0) is 4.79 Å². The van der Waals surface area contributed by atoms with Crippen molar-refractivity contribution in [3.63, 3.8) is 0 Å². The number of carbonyl (C=O) groups is 1. The standard InChI is InChI=1S/C22H35N3O3/c1-6-24-13-7-8-19(24)17-25(15-14-23(2)3)22(26)12-10-18-9-11-20(27-4)21(16-18)28-5/h9-12,16,19H,6-8,13-15,17H2,1-5H3. The molecule has 1 fully saturated rings. The summed E-state index contributed by atoms with van der Waals surface area (Å²) >= 11 is 0. The topological polar surface area (TPSA) is 45.2 Å². The summed E-state index contributed by atoms with van der Waals surface area (Å²) in [6.07, 6.45) is 5.90. The molecule has 1 aliphatic heterocycles. The summed E-state index contributed by atoms with van der Waals surface area (Å²) in [6, 6.07) is 6.11. The van der Waals surface area contributed by atoms with Crippen LogP contribution < -0.4 is 9.47 Å². The third-order valence-corrected chi connectivity index (χ3v) is 5.29. The fourth-order valence-electron chi connectivity index (χ4n) is 3.61. The molecular weight excluding hydrogens is 354 g/mol. The molecule has 0 aliphatic carbocycles. The number of likely N-dealkylation sites (tertiary alicyclic amines) is 1. The van der Waals surface area contributed by atoms with Crippen molar-refractivity contribution in [1.29, 1.82) is 0 Å². The molecule has 1 amide bonds. The van der Waals surface area contributed by atoms with Crippen LogP contribution in [0.3, 0.4) is 0 Å². The highest BCUT2D eigenvalue weighted by Gasteiger charge is 2.26. The average molecular weight is 390 g/mol. The maximum atomic E-state index is 12.9. The summed E-state index contributed by atoms with van der Waals surface area (Å²) in [5.74, 6) is 1.39. The Morgan fingerprint density at radius 3 is 2.61 bits per heavy atom. The molecule has 156 valence electrons. The van der Waals surface area contributed by atoms with Crippen molar-refractivity contribution < 1.29 is 14.3 Å². The van der Waals surface area contributed by atoms with Gasteiger partial charge in [0.2, 0.25) is 5.91 Å². The van der Waals surface area contributed by atoms with Gasteiger partial charge in [-0.05, 0) is 63.8 Å². The van der Waals surface area contributed by atoms with E-state index in [1.165, 1.54) is 12.8 Å². The summed E-state index contributed by atoms with van der Waals surface area (Å²) in [5.41, 5.74) is 0.912. The monoisotopic (exact) mass is 389 g/mol. The zero-order chi connectivity index (χ0) is 20.5. The molecule has 1 atom stereocenters. The average Bonchev–Trinajstić information content (AvgIpc) is 3.15. The Balaban J connectivity index is 2.09. The van der Waals surface area contributed by atoms with E-state index in [1.807, 2.05) is 43.3 Å². The summed E-state index contributed by atoms with van der Waals surface area (Å²) in [6.45, 7) is 6.75. The highest BCUT2D eigenvalue weighted by Crippen LogP contribution is 2.28. The van der Waals surface area contributed by atoms with E-state index in [-0.39, 0.29) is 5.91 Å². The van der Waals surface area contributed by atoms with Gasteiger partial charge in [0, 0.05) is 31.8 Å². The number of benzene rings is 1. The molecule has 0 saturated carbocycles. The van der Waals surface area contributed by atoms with Crippen LogP contribution >= 0.6 is 0 Å². The number of hydrogen-bond donors (Lipinski definition) is 0.